The molecule has 0 radical (unpaired) electrons. The van der Waals surface area contributed by atoms with Crippen LogP contribution in [0.15, 0.2) is 18.2 Å². The van der Waals surface area contributed by atoms with Gasteiger partial charge in [-0.05, 0) is 56.1 Å². The van der Waals surface area contributed by atoms with Gasteiger partial charge in [0.25, 0.3) is 0 Å². The molecule has 2 aliphatic heterocycles. The molecule has 28 heavy (non-hydrogen) atoms. The van der Waals surface area contributed by atoms with Crippen LogP contribution in [0.3, 0.4) is 0 Å². The first-order valence-electron chi connectivity index (χ1n) is 10.2. The molecule has 1 saturated carbocycles. The molecule has 0 aromatic heterocycles. The number of rotatable bonds is 5. The fraction of sp³-hybridized carbons (Fsp3) is 0.619. The summed E-state index contributed by atoms with van der Waals surface area (Å²) in [6, 6.07) is 6.33. The van der Waals surface area contributed by atoms with Gasteiger partial charge in [-0.15, -0.1) is 0 Å². The standard InChI is InChI=1S/C21H29N3O3S/c1-26-15-7-8-19(27-2)16(11-15)17-12-24(21(28)22-14-5-6-14)13-18(17)20(25)23-9-3-4-10-23/h7-8,11,14,17-18H,3-6,9-10,12-13H2,1-2H3,(H,22,28)/t17-,18-/m1/s1. The predicted molar refractivity (Wildman–Crippen MR) is 112 cm³/mol. The van der Waals surface area contributed by atoms with E-state index in [2.05, 4.69) is 10.2 Å². The van der Waals surface area contributed by atoms with E-state index in [1.54, 1.807) is 14.2 Å². The molecular formula is C21H29N3O3S. The monoisotopic (exact) mass is 403 g/mol. The summed E-state index contributed by atoms with van der Waals surface area (Å²) in [6.07, 6.45) is 4.54. The highest BCUT2D eigenvalue weighted by Crippen LogP contribution is 2.40. The lowest BCUT2D eigenvalue weighted by molar-refractivity contribution is -0.134. The summed E-state index contributed by atoms with van der Waals surface area (Å²) in [5.74, 6) is 1.72. The minimum atomic E-state index is -0.127. The first kappa shape index (κ1) is 19.3. The van der Waals surface area contributed by atoms with Crippen molar-refractivity contribution >= 4 is 23.2 Å². The number of methoxy groups -OCH3 is 2. The second-order valence-corrected chi connectivity index (χ2v) is 8.37. The number of ether oxygens (including phenoxy) is 2. The normalized spacial score (nSPS) is 24.4. The summed E-state index contributed by atoms with van der Waals surface area (Å²) >= 11 is 5.65. The zero-order valence-corrected chi connectivity index (χ0v) is 17.5. The van der Waals surface area contributed by atoms with Gasteiger partial charge in [-0.1, -0.05) is 0 Å². The number of nitrogens with one attached hydrogen (secondary N) is 1. The van der Waals surface area contributed by atoms with Crippen LogP contribution in [-0.4, -0.2) is 67.3 Å². The highest BCUT2D eigenvalue weighted by Gasteiger charge is 2.43. The molecule has 4 rings (SSSR count). The predicted octanol–water partition coefficient (Wildman–Crippen LogP) is 2.38. The fourth-order valence-electron chi connectivity index (χ4n) is 4.33. The van der Waals surface area contributed by atoms with Crippen LogP contribution in [0.1, 0.15) is 37.2 Å². The van der Waals surface area contributed by atoms with E-state index in [1.165, 1.54) is 12.8 Å². The Morgan fingerprint density at radius 1 is 1.11 bits per heavy atom. The molecule has 2 atom stereocenters. The summed E-state index contributed by atoms with van der Waals surface area (Å²) in [5.41, 5.74) is 1.02. The van der Waals surface area contributed by atoms with Gasteiger partial charge >= 0.3 is 0 Å². The molecule has 0 unspecified atom stereocenters. The molecule has 3 fully saturated rings. The molecule has 3 aliphatic rings. The average Bonchev–Trinajstić information content (AvgIpc) is 3.21. The number of likely N-dealkylation sites (tertiary alicyclic amines) is 2. The maximum absolute atomic E-state index is 13.4. The molecule has 1 aromatic rings. The third kappa shape index (κ3) is 3.90. The third-order valence-electron chi connectivity index (χ3n) is 6.08. The summed E-state index contributed by atoms with van der Waals surface area (Å²) in [7, 11) is 3.34. The Balaban J connectivity index is 1.62. The zero-order valence-electron chi connectivity index (χ0n) is 16.6. The summed E-state index contributed by atoms with van der Waals surface area (Å²) < 4.78 is 11.1. The van der Waals surface area contributed by atoms with Gasteiger partial charge in [0.05, 0.1) is 20.1 Å². The van der Waals surface area contributed by atoms with Gasteiger partial charge in [0, 0.05) is 43.7 Å². The Morgan fingerprint density at radius 2 is 1.86 bits per heavy atom. The second-order valence-electron chi connectivity index (χ2n) is 7.98. The van der Waals surface area contributed by atoms with E-state index in [1.807, 2.05) is 23.1 Å². The topological polar surface area (TPSA) is 54.0 Å². The van der Waals surface area contributed by atoms with Gasteiger partial charge in [-0.3, -0.25) is 4.79 Å². The van der Waals surface area contributed by atoms with E-state index in [0.717, 1.165) is 48.1 Å². The van der Waals surface area contributed by atoms with E-state index in [4.69, 9.17) is 21.7 Å². The maximum Gasteiger partial charge on any atom is 0.228 e. The van der Waals surface area contributed by atoms with Crippen LogP contribution >= 0.6 is 12.2 Å². The van der Waals surface area contributed by atoms with Crippen molar-refractivity contribution in [3.05, 3.63) is 23.8 Å². The Kier molecular flexibility index (Phi) is 5.62. The Morgan fingerprint density at radius 3 is 2.50 bits per heavy atom. The van der Waals surface area contributed by atoms with E-state index in [9.17, 15) is 4.79 Å². The number of amides is 1. The van der Waals surface area contributed by atoms with Crippen LogP contribution in [0, 0.1) is 5.92 Å². The van der Waals surface area contributed by atoms with Crippen molar-refractivity contribution in [1.29, 1.82) is 0 Å². The van der Waals surface area contributed by atoms with Crippen molar-refractivity contribution in [2.45, 2.75) is 37.6 Å². The highest BCUT2D eigenvalue weighted by molar-refractivity contribution is 7.80. The third-order valence-corrected chi connectivity index (χ3v) is 6.46. The largest absolute Gasteiger partial charge is 0.497 e. The highest BCUT2D eigenvalue weighted by atomic mass is 32.1. The van der Waals surface area contributed by atoms with Gasteiger partial charge < -0.3 is 24.6 Å². The molecule has 2 heterocycles. The van der Waals surface area contributed by atoms with E-state index in [0.29, 0.717) is 19.1 Å². The number of nitrogens with zero attached hydrogens (tertiary/aromatic N) is 2. The molecule has 1 N–H and O–H groups in total. The molecule has 1 aromatic carbocycles. The van der Waals surface area contributed by atoms with Crippen LogP contribution in [0.2, 0.25) is 0 Å². The lowest BCUT2D eigenvalue weighted by atomic mass is 9.87. The SMILES string of the molecule is COc1ccc(OC)c([C@H]2CN(C(=S)NC3CC3)C[C@H]2C(=O)N2CCCC2)c1. The number of thiocarbonyl (C=S) groups is 1. The number of carbonyl (C=O) groups is 1. The van der Waals surface area contributed by atoms with Crippen LogP contribution < -0.4 is 14.8 Å². The van der Waals surface area contributed by atoms with Gasteiger partial charge in [0.2, 0.25) is 5.91 Å². The maximum atomic E-state index is 13.4. The van der Waals surface area contributed by atoms with Crippen LogP contribution in [0.25, 0.3) is 0 Å². The first-order valence-corrected chi connectivity index (χ1v) is 10.6. The van der Waals surface area contributed by atoms with E-state index >= 15 is 0 Å². The lowest BCUT2D eigenvalue weighted by Crippen LogP contribution is -2.41. The Bertz CT molecular complexity index is 746. The first-order chi connectivity index (χ1) is 13.6. The molecule has 1 amide bonds. The number of carbonyl (C=O) groups excluding carboxylic acids is 1. The second kappa shape index (κ2) is 8.15. The molecule has 2 saturated heterocycles. The van der Waals surface area contributed by atoms with Crippen molar-refractivity contribution in [2.24, 2.45) is 5.92 Å². The van der Waals surface area contributed by atoms with Gasteiger partial charge in [-0.2, -0.15) is 0 Å². The Hall–Kier alpha value is -2.02. The van der Waals surface area contributed by atoms with E-state index < -0.39 is 0 Å². The van der Waals surface area contributed by atoms with Crippen molar-refractivity contribution in [3.8, 4) is 11.5 Å². The van der Waals surface area contributed by atoms with Crippen molar-refractivity contribution < 1.29 is 14.3 Å². The zero-order chi connectivity index (χ0) is 19.7. The Labute approximate surface area is 172 Å². The molecule has 6 nitrogen and oxygen atoms in total. The fourth-order valence-corrected chi connectivity index (χ4v) is 4.65. The van der Waals surface area contributed by atoms with Crippen LogP contribution in [-0.2, 0) is 4.79 Å². The summed E-state index contributed by atoms with van der Waals surface area (Å²) in [5, 5.41) is 4.19. The van der Waals surface area contributed by atoms with Crippen LogP contribution in [0.5, 0.6) is 11.5 Å². The van der Waals surface area contributed by atoms with Crippen LogP contribution in [0.4, 0.5) is 0 Å². The molecule has 152 valence electrons. The minimum Gasteiger partial charge on any atom is -0.497 e. The van der Waals surface area contributed by atoms with Gasteiger partial charge in [-0.25, -0.2) is 0 Å². The number of hydrogen-bond donors (Lipinski definition) is 1. The number of hydrogen-bond acceptors (Lipinski definition) is 4. The smallest absolute Gasteiger partial charge is 0.228 e. The molecular weight excluding hydrogens is 374 g/mol. The van der Waals surface area contributed by atoms with Gasteiger partial charge in [0.1, 0.15) is 11.5 Å². The quantitative estimate of drug-likeness (QED) is 0.762. The van der Waals surface area contributed by atoms with E-state index in [-0.39, 0.29) is 17.7 Å². The van der Waals surface area contributed by atoms with Crippen molar-refractivity contribution in [3.63, 3.8) is 0 Å². The van der Waals surface area contributed by atoms with Crippen molar-refractivity contribution in [1.82, 2.24) is 15.1 Å². The molecule has 7 heteroatoms. The lowest BCUT2D eigenvalue weighted by Gasteiger charge is -2.25. The molecule has 0 bridgehead atoms. The van der Waals surface area contributed by atoms with Crippen molar-refractivity contribution in [2.75, 3.05) is 40.4 Å². The molecule has 0 spiro atoms. The molecule has 1 aliphatic carbocycles. The minimum absolute atomic E-state index is 0.0251. The van der Waals surface area contributed by atoms with Gasteiger partial charge in [0.15, 0.2) is 5.11 Å². The summed E-state index contributed by atoms with van der Waals surface area (Å²) in [6.45, 7) is 3.09. The average molecular weight is 404 g/mol. The summed E-state index contributed by atoms with van der Waals surface area (Å²) in [4.78, 5) is 17.5. The number of benzene rings is 1.